The Kier molecular flexibility index (Phi) is 7.67. The summed E-state index contributed by atoms with van der Waals surface area (Å²) < 4.78 is 15.2. The Balaban J connectivity index is 1.54. The highest BCUT2D eigenvalue weighted by Gasteiger charge is 2.21. The average Bonchev–Trinajstić information content (AvgIpc) is 3.14. The van der Waals surface area contributed by atoms with Crippen molar-refractivity contribution < 1.29 is 4.39 Å². The van der Waals surface area contributed by atoms with Gasteiger partial charge in [-0.25, -0.2) is 9.07 Å². The van der Waals surface area contributed by atoms with Crippen LogP contribution in [-0.4, -0.2) is 35.9 Å². The summed E-state index contributed by atoms with van der Waals surface area (Å²) in [6.45, 7) is 5.34. The van der Waals surface area contributed by atoms with Gasteiger partial charge in [0.2, 0.25) is 0 Å². The quantitative estimate of drug-likeness (QED) is 0.278. The molecule has 0 saturated heterocycles. The van der Waals surface area contributed by atoms with E-state index in [4.69, 9.17) is 5.73 Å². The normalized spacial score (nSPS) is 11.8. The summed E-state index contributed by atoms with van der Waals surface area (Å²) in [6.07, 6.45) is 1.35. The molecule has 0 fully saturated rings. The lowest BCUT2D eigenvalue weighted by Crippen LogP contribution is -2.43. The number of rotatable bonds is 8. The van der Waals surface area contributed by atoms with Crippen molar-refractivity contribution in [1.29, 1.82) is 5.26 Å². The van der Waals surface area contributed by atoms with Crippen molar-refractivity contribution in [3.8, 4) is 11.8 Å². The molecule has 0 saturated carbocycles. The van der Waals surface area contributed by atoms with Crippen LogP contribution < -0.4 is 16.4 Å². The van der Waals surface area contributed by atoms with E-state index < -0.39 is 0 Å². The van der Waals surface area contributed by atoms with Crippen molar-refractivity contribution in [2.75, 3.05) is 25.9 Å². The van der Waals surface area contributed by atoms with Gasteiger partial charge in [-0.2, -0.15) is 10.4 Å². The van der Waals surface area contributed by atoms with Gasteiger partial charge in [0.15, 0.2) is 5.96 Å². The fraction of sp³-hybridized carbons (Fsp3) is 0.320. The molecule has 0 atom stereocenters. The molecule has 3 aromatic rings. The lowest BCUT2D eigenvalue weighted by atomic mass is 9.84. The van der Waals surface area contributed by atoms with E-state index in [9.17, 15) is 9.65 Å². The fourth-order valence-corrected chi connectivity index (χ4v) is 3.54. The van der Waals surface area contributed by atoms with Gasteiger partial charge in [0, 0.05) is 25.6 Å². The highest BCUT2D eigenvalue weighted by atomic mass is 19.1. The molecule has 0 aliphatic rings. The number of anilines is 1. The first-order chi connectivity index (χ1) is 15.9. The molecule has 0 amide bonds. The van der Waals surface area contributed by atoms with Crippen molar-refractivity contribution in [1.82, 2.24) is 20.4 Å². The number of para-hydroxylation sites is 1. The number of hydrogen-bond acceptors (Lipinski definition) is 4. The smallest absolute Gasteiger partial charge is 0.191 e. The second-order valence-corrected chi connectivity index (χ2v) is 8.42. The Morgan fingerprint density at radius 3 is 2.61 bits per heavy atom. The van der Waals surface area contributed by atoms with E-state index in [1.54, 1.807) is 23.9 Å². The van der Waals surface area contributed by atoms with Gasteiger partial charge in [-0.1, -0.05) is 44.2 Å². The third-order valence-electron chi connectivity index (χ3n) is 5.52. The number of nitrogens with zero attached hydrogens (tertiary/aromatic N) is 4. The number of benzene rings is 2. The van der Waals surface area contributed by atoms with Gasteiger partial charge in [-0.3, -0.25) is 4.99 Å². The van der Waals surface area contributed by atoms with Gasteiger partial charge >= 0.3 is 0 Å². The molecule has 0 aliphatic carbocycles. The maximum Gasteiger partial charge on any atom is 0.191 e. The molecule has 0 unspecified atom stereocenters. The number of nitrogen functional groups attached to an aromatic ring is 1. The molecule has 4 N–H and O–H groups in total. The predicted molar refractivity (Wildman–Crippen MR) is 130 cm³/mol. The Hall–Kier alpha value is -3.86. The Bertz CT molecular complexity index is 1140. The van der Waals surface area contributed by atoms with E-state index >= 15 is 0 Å². The molecule has 0 aliphatic heterocycles. The lowest BCUT2D eigenvalue weighted by molar-refractivity contribution is 0.503. The molecule has 0 bridgehead atoms. The molecule has 8 heteroatoms. The van der Waals surface area contributed by atoms with Gasteiger partial charge in [0.1, 0.15) is 23.3 Å². The van der Waals surface area contributed by atoms with Crippen molar-refractivity contribution in [2.45, 2.75) is 32.1 Å². The van der Waals surface area contributed by atoms with Crippen LogP contribution in [0.1, 0.15) is 37.1 Å². The first-order valence-corrected chi connectivity index (χ1v) is 10.9. The highest BCUT2D eigenvalue weighted by molar-refractivity contribution is 5.79. The van der Waals surface area contributed by atoms with Crippen LogP contribution in [0.25, 0.3) is 5.69 Å². The number of halogens is 1. The van der Waals surface area contributed by atoms with Crippen LogP contribution in [-0.2, 0) is 11.8 Å². The molecule has 7 nitrogen and oxygen atoms in total. The Morgan fingerprint density at radius 1 is 1.18 bits per heavy atom. The molecule has 0 spiro atoms. The zero-order valence-corrected chi connectivity index (χ0v) is 19.3. The van der Waals surface area contributed by atoms with Crippen LogP contribution in [0.15, 0.2) is 59.6 Å². The molecule has 2 aromatic carbocycles. The Labute approximate surface area is 194 Å². The average molecular weight is 448 g/mol. The second kappa shape index (κ2) is 10.6. The van der Waals surface area contributed by atoms with Crippen LogP contribution >= 0.6 is 0 Å². The fourth-order valence-electron chi connectivity index (χ4n) is 3.54. The van der Waals surface area contributed by atoms with Crippen molar-refractivity contribution in [2.24, 2.45) is 4.99 Å². The van der Waals surface area contributed by atoms with E-state index in [0.29, 0.717) is 42.5 Å². The van der Waals surface area contributed by atoms with Gasteiger partial charge in [-0.05, 0) is 42.7 Å². The molecular weight excluding hydrogens is 417 g/mol. The molecule has 3 rings (SSSR count). The third-order valence-corrected chi connectivity index (χ3v) is 5.52. The van der Waals surface area contributed by atoms with Crippen LogP contribution in [0.5, 0.6) is 0 Å². The Morgan fingerprint density at radius 2 is 1.94 bits per heavy atom. The summed E-state index contributed by atoms with van der Waals surface area (Å²) in [5, 5.41) is 20.7. The number of nitrogens with one attached hydrogen (secondary N) is 2. The summed E-state index contributed by atoms with van der Waals surface area (Å²) in [5.74, 6) is 0.771. The number of nitrogens with two attached hydrogens (primary N) is 1. The standard InChI is InChI=1S/C25H30FN7/c1-25(2,18-9-7-10-19(26)15-18)17-31-24(29-3)30-14-8-13-22-21(16-27)23(28)33(32-22)20-11-5-4-6-12-20/h4-7,9-12,15H,8,13-14,17,28H2,1-3H3,(H2,29,30,31). The maximum atomic E-state index is 13.6. The minimum Gasteiger partial charge on any atom is -0.382 e. The van der Waals surface area contributed by atoms with Crippen molar-refractivity contribution >= 4 is 11.8 Å². The largest absolute Gasteiger partial charge is 0.382 e. The SMILES string of the molecule is CN=C(NCCCc1nn(-c2ccccc2)c(N)c1C#N)NCC(C)(C)c1cccc(F)c1. The molecule has 1 heterocycles. The third kappa shape index (κ3) is 5.89. The lowest BCUT2D eigenvalue weighted by Gasteiger charge is -2.26. The number of nitriles is 1. The number of aromatic nitrogens is 2. The monoisotopic (exact) mass is 447 g/mol. The topological polar surface area (TPSA) is 104 Å². The first kappa shape index (κ1) is 23.8. The van der Waals surface area contributed by atoms with Gasteiger partial charge in [-0.15, -0.1) is 0 Å². The van der Waals surface area contributed by atoms with E-state index in [1.807, 2.05) is 36.4 Å². The van der Waals surface area contributed by atoms with Crippen LogP contribution in [0, 0.1) is 17.1 Å². The van der Waals surface area contributed by atoms with Crippen LogP contribution in [0.2, 0.25) is 0 Å². The number of guanidine groups is 1. The summed E-state index contributed by atoms with van der Waals surface area (Å²) >= 11 is 0. The first-order valence-electron chi connectivity index (χ1n) is 10.9. The summed E-state index contributed by atoms with van der Waals surface area (Å²) in [6, 6.07) is 18.4. The zero-order valence-electron chi connectivity index (χ0n) is 19.3. The van der Waals surface area contributed by atoms with Crippen LogP contribution in [0.3, 0.4) is 0 Å². The van der Waals surface area contributed by atoms with Crippen molar-refractivity contribution in [3.05, 3.63) is 77.2 Å². The van der Waals surface area contributed by atoms with Gasteiger partial charge < -0.3 is 16.4 Å². The summed E-state index contributed by atoms with van der Waals surface area (Å²) in [4.78, 5) is 4.27. The minimum atomic E-state index is -0.275. The summed E-state index contributed by atoms with van der Waals surface area (Å²) in [7, 11) is 1.71. The molecule has 1 aromatic heterocycles. The van der Waals surface area contributed by atoms with Gasteiger partial charge in [0.05, 0.1) is 11.4 Å². The van der Waals surface area contributed by atoms with Gasteiger partial charge in [0.25, 0.3) is 0 Å². The van der Waals surface area contributed by atoms with Crippen molar-refractivity contribution in [3.63, 3.8) is 0 Å². The van der Waals surface area contributed by atoms with E-state index in [0.717, 1.165) is 17.7 Å². The number of aliphatic imine (C=N–C) groups is 1. The van der Waals surface area contributed by atoms with E-state index in [-0.39, 0.29) is 11.2 Å². The number of aryl methyl sites for hydroxylation is 1. The molecule has 172 valence electrons. The second-order valence-electron chi connectivity index (χ2n) is 8.42. The van der Waals surface area contributed by atoms with E-state index in [1.165, 1.54) is 6.07 Å². The predicted octanol–water partition coefficient (Wildman–Crippen LogP) is 3.54. The highest BCUT2D eigenvalue weighted by Crippen LogP contribution is 2.23. The molecule has 33 heavy (non-hydrogen) atoms. The summed E-state index contributed by atoms with van der Waals surface area (Å²) in [5.41, 5.74) is 8.72. The molecular formula is C25H30FN7. The van der Waals surface area contributed by atoms with Crippen LogP contribution in [0.4, 0.5) is 10.2 Å². The maximum absolute atomic E-state index is 13.6. The molecule has 0 radical (unpaired) electrons. The number of hydrogen-bond donors (Lipinski definition) is 3. The van der Waals surface area contributed by atoms with E-state index in [2.05, 4.69) is 40.6 Å². The zero-order chi connectivity index (χ0) is 23.8. The minimum absolute atomic E-state index is 0.241.